The maximum Gasteiger partial charge on any atom is 0.251 e. The first-order valence-corrected chi connectivity index (χ1v) is 11.7. The summed E-state index contributed by atoms with van der Waals surface area (Å²) in [6.07, 6.45) is 0.540. The standard InChI is InChI=1S/C24H29N5O3S/c1-5-29-20(13-14-25-23(31)18-9-11-19(32-4)12-10-18)27-28-24(29)33-15-21(30)26-22-16(2)7-6-8-17(22)3/h6-12H,5,13-15H2,1-4H3,(H,25,31)(H,26,30). The molecule has 9 heteroatoms. The monoisotopic (exact) mass is 467 g/mol. The summed E-state index contributed by atoms with van der Waals surface area (Å²) in [5.74, 6) is 1.47. The molecule has 1 heterocycles. The third kappa shape index (κ3) is 6.35. The second kappa shape index (κ2) is 11.5. The third-order valence-corrected chi connectivity index (χ3v) is 6.14. The first kappa shape index (κ1) is 24.3. The fourth-order valence-corrected chi connectivity index (χ4v) is 4.20. The fourth-order valence-electron chi connectivity index (χ4n) is 3.38. The van der Waals surface area contributed by atoms with Crippen molar-refractivity contribution in [3.63, 3.8) is 0 Å². The van der Waals surface area contributed by atoms with Crippen molar-refractivity contribution < 1.29 is 14.3 Å². The lowest BCUT2D eigenvalue weighted by molar-refractivity contribution is -0.113. The van der Waals surface area contributed by atoms with Gasteiger partial charge in [-0.3, -0.25) is 9.59 Å². The van der Waals surface area contributed by atoms with Crippen LogP contribution < -0.4 is 15.4 Å². The number of aromatic nitrogens is 3. The summed E-state index contributed by atoms with van der Waals surface area (Å²) >= 11 is 1.35. The van der Waals surface area contributed by atoms with Gasteiger partial charge in [-0.05, 0) is 56.2 Å². The largest absolute Gasteiger partial charge is 0.497 e. The Kier molecular flexibility index (Phi) is 8.48. The lowest BCUT2D eigenvalue weighted by Crippen LogP contribution is -2.26. The van der Waals surface area contributed by atoms with Crippen molar-refractivity contribution in [1.29, 1.82) is 0 Å². The molecule has 0 spiro atoms. The van der Waals surface area contributed by atoms with Gasteiger partial charge in [0.1, 0.15) is 11.6 Å². The highest BCUT2D eigenvalue weighted by Crippen LogP contribution is 2.21. The van der Waals surface area contributed by atoms with Crippen molar-refractivity contribution in [2.45, 2.75) is 38.9 Å². The van der Waals surface area contributed by atoms with Gasteiger partial charge >= 0.3 is 0 Å². The van der Waals surface area contributed by atoms with Crippen LogP contribution in [-0.4, -0.2) is 46.0 Å². The van der Waals surface area contributed by atoms with E-state index in [4.69, 9.17) is 4.74 Å². The number of aryl methyl sites for hydroxylation is 2. The quantitative estimate of drug-likeness (QED) is 0.442. The number of para-hydroxylation sites is 1. The highest BCUT2D eigenvalue weighted by atomic mass is 32.2. The van der Waals surface area contributed by atoms with Crippen LogP contribution in [0.2, 0.25) is 0 Å². The van der Waals surface area contributed by atoms with E-state index in [2.05, 4.69) is 20.8 Å². The van der Waals surface area contributed by atoms with Gasteiger partial charge in [-0.15, -0.1) is 10.2 Å². The number of anilines is 1. The summed E-state index contributed by atoms with van der Waals surface area (Å²) in [4.78, 5) is 24.8. The number of thioether (sulfide) groups is 1. The predicted octanol–water partition coefficient (Wildman–Crippen LogP) is 3.63. The van der Waals surface area contributed by atoms with E-state index in [1.54, 1.807) is 31.4 Å². The third-order valence-electron chi connectivity index (χ3n) is 5.17. The lowest BCUT2D eigenvalue weighted by Gasteiger charge is -2.11. The molecule has 1 aromatic heterocycles. The Hall–Kier alpha value is -3.33. The molecule has 0 fully saturated rings. The summed E-state index contributed by atoms with van der Waals surface area (Å²) in [6.45, 7) is 7.06. The molecule has 2 N–H and O–H groups in total. The van der Waals surface area contributed by atoms with Crippen LogP contribution in [-0.2, 0) is 17.8 Å². The molecule has 0 radical (unpaired) electrons. The minimum atomic E-state index is -0.155. The minimum absolute atomic E-state index is 0.0867. The van der Waals surface area contributed by atoms with Gasteiger partial charge in [0.25, 0.3) is 5.91 Å². The van der Waals surface area contributed by atoms with Crippen molar-refractivity contribution in [3.05, 3.63) is 65.0 Å². The summed E-state index contributed by atoms with van der Waals surface area (Å²) in [5.41, 5.74) is 3.49. The van der Waals surface area contributed by atoms with Crippen LogP contribution in [0, 0.1) is 13.8 Å². The van der Waals surface area contributed by atoms with E-state index in [1.165, 1.54) is 11.8 Å². The Balaban J connectivity index is 1.52. The zero-order chi connectivity index (χ0) is 23.8. The minimum Gasteiger partial charge on any atom is -0.497 e. The van der Waals surface area contributed by atoms with Crippen molar-refractivity contribution in [1.82, 2.24) is 20.1 Å². The number of methoxy groups -OCH3 is 1. The molecule has 0 bridgehead atoms. The molecule has 2 aromatic carbocycles. The first-order valence-electron chi connectivity index (χ1n) is 10.8. The number of benzene rings is 2. The van der Waals surface area contributed by atoms with Gasteiger partial charge in [-0.2, -0.15) is 0 Å². The summed E-state index contributed by atoms with van der Waals surface area (Å²) < 4.78 is 7.08. The van der Waals surface area contributed by atoms with Crippen LogP contribution >= 0.6 is 11.8 Å². The van der Waals surface area contributed by atoms with Crippen molar-refractivity contribution in [2.24, 2.45) is 0 Å². The molecular formula is C24H29N5O3S. The van der Waals surface area contributed by atoms with Gasteiger partial charge in [0.15, 0.2) is 5.16 Å². The number of nitrogens with zero attached hydrogens (tertiary/aromatic N) is 3. The molecule has 0 aliphatic heterocycles. The van der Waals surface area contributed by atoms with E-state index < -0.39 is 0 Å². The second-order valence-corrected chi connectivity index (χ2v) is 8.42. The molecule has 0 atom stereocenters. The maximum atomic E-state index is 12.5. The Morgan fingerprint density at radius 2 is 1.76 bits per heavy atom. The van der Waals surface area contributed by atoms with Crippen LogP contribution in [0.25, 0.3) is 0 Å². The molecule has 0 saturated heterocycles. The van der Waals surface area contributed by atoms with Crippen LogP contribution in [0.5, 0.6) is 5.75 Å². The molecule has 2 amide bonds. The van der Waals surface area contributed by atoms with Gasteiger partial charge < -0.3 is 19.9 Å². The Morgan fingerprint density at radius 1 is 1.06 bits per heavy atom. The van der Waals surface area contributed by atoms with E-state index in [9.17, 15) is 9.59 Å². The summed E-state index contributed by atoms with van der Waals surface area (Å²) in [6, 6.07) is 12.9. The number of nitrogens with one attached hydrogen (secondary N) is 2. The lowest BCUT2D eigenvalue weighted by atomic mass is 10.1. The van der Waals surface area contributed by atoms with E-state index in [0.29, 0.717) is 36.0 Å². The summed E-state index contributed by atoms with van der Waals surface area (Å²) in [5, 5.41) is 15.1. The number of carbonyl (C=O) groups is 2. The Labute approximate surface area is 198 Å². The van der Waals surface area contributed by atoms with E-state index in [-0.39, 0.29) is 17.6 Å². The SMILES string of the molecule is CCn1c(CCNC(=O)c2ccc(OC)cc2)nnc1SCC(=O)Nc1c(C)cccc1C. The average Bonchev–Trinajstić information content (AvgIpc) is 3.21. The van der Waals surface area contributed by atoms with Gasteiger partial charge in [0.2, 0.25) is 5.91 Å². The maximum absolute atomic E-state index is 12.5. The van der Waals surface area contributed by atoms with E-state index in [0.717, 1.165) is 22.6 Å². The zero-order valence-corrected chi connectivity index (χ0v) is 20.2. The van der Waals surface area contributed by atoms with Crippen molar-refractivity contribution in [3.8, 4) is 5.75 Å². The number of rotatable bonds is 10. The predicted molar refractivity (Wildman–Crippen MR) is 130 cm³/mol. The molecule has 33 heavy (non-hydrogen) atoms. The van der Waals surface area contributed by atoms with Crippen LogP contribution in [0.3, 0.4) is 0 Å². The average molecular weight is 468 g/mol. The van der Waals surface area contributed by atoms with Crippen molar-refractivity contribution in [2.75, 3.05) is 24.7 Å². The van der Waals surface area contributed by atoms with Crippen LogP contribution in [0.4, 0.5) is 5.69 Å². The van der Waals surface area contributed by atoms with E-state index >= 15 is 0 Å². The zero-order valence-electron chi connectivity index (χ0n) is 19.3. The van der Waals surface area contributed by atoms with Gasteiger partial charge in [-0.1, -0.05) is 30.0 Å². The number of ether oxygens (including phenoxy) is 1. The number of hydrogen-bond donors (Lipinski definition) is 2. The molecule has 0 unspecified atom stereocenters. The molecule has 0 saturated carbocycles. The highest BCUT2D eigenvalue weighted by molar-refractivity contribution is 7.99. The van der Waals surface area contributed by atoms with Crippen molar-refractivity contribution >= 4 is 29.3 Å². The Bertz CT molecular complexity index is 1090. The molecule has 0 aliphatic carbocycles. The second-order valence-electron chi connectivity index (χ2n) is 7.48. The number of carbonyl (C=O) groups excluding carboxylic acids is 2. The smallest absolute Gasteiger partial charge is 0.251 e. The molecule has 8 nitrogen and oxygen atoms in total. The molecule has 3 rings (SSSR count). The Morgan fingerprint density at radius 3 is 2.39 bits per heavy atom. The number of amides is 2. The normalized spacial score (nSPS) is 10.7. The molecular weight excluding hydrogens is 438 g/mol. The molecule has 174 valence electrons. The van der Waals surface area contributed by atoms with Gasteiger partial charge in [0, 0.05) is 30.8 Å². The van der Waals surface area contributed by atoms with E-state index in [1.807, 2.05) is 43.5 Å². The van der Waals surface area contributed by atoms with Crippen LogP contribution in [0.1, 0.15) is 34.2 Å². The van der Waals surface area contributed by atoms with Gasteiger partial charge in [-0.25, -0.2) is 0 Å². The fraction of sp³-hybridized carbons (Fsp3) is 0.333. The first-order chi connectivity index (χ1) is 15.9. The number of hydrogen-bond acceptors (Lipinski definition) is 6. The van der Waals surface area contributed by atoms with Crippen LogP contribution in [0.15, 0.2) is 47.6 Å². The topological polar surface area (TPSA) is 98.1 Å². The van der Waals surface area contributed by atoms with Gasteiger partial charge in [0.05, 0.1) is 12.9 Å². The molecule has 3 aromatic rings. The molecule has 0 aliphatic rings. The summed E-state index contributed by atoms with van der Waals surface area (Å²) in [7, 11) is 1.59. The highest BCUT2D eigenvalue weighted by Gasteiger charge is 2.15.